The van der Waals surface area contributed by atoms with E-state index in [-0.39, 0.29) is 23.4 Å². The largest absolute Gasteiger partial charge is 0.497 e. The number of nitrogens with zero attached hydrogens (tertiary/aromatic N) is 3. The summed E-state index contributed by atoms with van der Waals surface area (Å²) in [4.78, 5) is 12.9. The molecule has 1 aromatic carbocycles. The van der Waals surface area contributed by atoms with Crippen molar-refractivity contribution < 1.29 is 22.4 Å². The molecule has 30 heavy (non-hydrogen) atoms. The normalized spacial score (nSPS) is 20.9. The summed E-state index contributed by atoms with van der Waals surface area (Å²) < 4.78 is 38.1. The lowest BCUT2D eigenvalue weighted by molar-refractivity contribution is -0.119. The van der Waals surface area contributed by atoms with Crippen molar-refractivity contribution in [2.45, 2.75) is 61.8 Å². The third kappa shape index (κ3) is 4.20. The third-order valence-corrected chi connectivity index (χ3v) is 7.72. The standard InChI is InChI=1S/C20H26N4O5S/c1-28-15-9-11-16(12-10-15)30(26,27)24-13-5-8-17(24)18(25)21-20-23-22-19(29-20)14-6-3-2-4-7-14/h9-12,14,17H,2-8,13H2,1H3,(H,21,23,25)/t17-/m1/s1. The van der Waals surface area contributed by atoms with E-state index in [9.17, 15) is 13.2 Å². The number of amides is 1. The molecule has 0 spiro atoms. The highest BCUT2D eigenvalue weighted by molar-refractivity contribution is 7.89. The average molecular weight is 435 g/mol. The number of methoxy groups -OCH3 is 1. The Morgan fingerprint density at radius 1 is 1.10 bits per heavy atom. The van der Waals surface area contributed by atoms with Crippen molar-refractivity contribution in [2.75, 3.05) is 19.0 Å². The number of aromatic nitrogens is 2. The molecule has 1 aromatic heterocycles. The first-order chi connectivity index (χ1) is 14.5. The van der Waals surface area contributed by atoms with E-state index in [1.807, 2.05) is 0 Å². The van der Waals surface area contributed by atoms with Gasteiger partial charge in [0.1, 0.15) is 11.8 Å². The fourth-order valence-corrected chi connectivity index (χ4v) is 5.82. The van der Waals surface area contributed by atoms with Crippen LogP contribution in [0.5, 0.6) is 5.75 Å². The van der Waals surface area contributed by atoms with Crippen molar-refractivity contribution in [2.24, 2.45) is 0 Å². The molecule has 1 saturated heterocycles. The summed E-state index contributed by atoms with van der Waals surface area (Å²) in [6.07, 6.45) is 6.53. The van der Waals surface area contributed by atoms with Gasteiger partial charge in [0.2, 0.25) is 21.8 Å². The van der Waals surface area contributed by atoms with Gasteiger partial charge in [0, 0.05) is 12.5 Å². The van der Waals surface area contributed by atoms with E-state index >= 15 is 0 Å². The van der Waals surface area contributed by atoms with Crippen LogP contribution in [0.3, 0.4) is 0 Å². The first-order valence-electron chi connectivity index (χ1n) is 10.3. The number of rotatable bonds is 6. The number of nitrogens with one attached hydrogen (secondary N) is 1. The van der Waals surface area contributed by atoms with Gasteiger partial charge in [-0.2, -0.15) is 4.31 Å². The Kier molecular flexibility index (Phi) is 6.05. The molecule has 0 radical (unpaired) electrons. The average Bonchev–Trinajstić information content (AvgIpc) is 3.45. The zero-order chi connectivity index (χ0) is 21.1. The van der Waals surface area contributed by atoms with E-state index < -0.39 is 22.0 Å². The molecule has 0 bridgehead atoms. The van der Waals surface area contributed by atoms with E-state index in [2.05, 4.69) is 15.5 Å². The fraction of sp³-hybridized carbons (Fsp3) is 0.550. The van der Waals surface area contributed by atoms with Crippen molar-refractivity contribution in [1.29, 1.82) is 0 Å². The maximum atomic E-state index is 13.1. The van der Waals surface area contributed by atoms with Crippen molar-refractivity contribution in [3.05, 3.63) is 30.2 Å². The van der Waals surface area contributed by atoms with Crippen molar-refractivity contribution in [1.82, 2.24) is 14.5 Å². The highest BCUT2D eigenvalue weighted by Gasteiger charge is 2.40. The molecule has 162 valence electrons. The quantitative estimate of drug-likeness (QED) is 0.743. The highest BCUT2D eigenvalue weighted by atomic mass is 32.2. The first-order valence-corrected chi connectivity index (χ1v) is 11.7. The summed E-state index contributed by atoms with van der Waals surface area (Å²) in [5.41, 5.74) is 0. The summed E-state index contributed by atoms with van der Waals surface area (Å²) in [6.45, 7) is 0.281. The summed E-state index contributed by atoms with van der Waals surface area (Å²) in [7, 11) is -2.30. The number of benzene rings is 1. The molecule has 0 unspecified atom stereocenters. The van der Waals surface area contributed by atoms with Gasteiger partial charge < -0.3 is 9.15 Å². The topological polar surface area (TPSA) is 115 Å². The monoisotopic (exact) mass is 434 g/mol. The molecule has 1 N–H and O–H groups in total. The molecule has 2 heterocycles. The summed E-state index contributed by atoms with van der Waals surface area (Å²) in [5, 5.41) is 10.6. The van der Waals surface area contributed by atoms with Crippen LogP contribution >= 0.6 is 0 Å². The fourth-order valence-electron chi connectivity index (χ4n) is 4.16. The van der Waals surface area contributed by atoms with Gasteiger partial charge in [-0.05, 0) is 49.9 Å². The molecule has 4 rings (SSSR count). The molecule has 10 heteroatoms. The molecule has 9 nitrogen and oxygen atoms in total. The summed E-state index contributed by atoms with van der Waals surface area (Å²) in [6, 6.07) is 5.34. The van der Waals surface area contributed by atoms with Gasteiger partial charge in [0.25, 0.3) is 0 Å². The molecule has 1 aliphatic heterocycles. The van der Waals surface area contributed by atoms with Crippen LogP contribution in [0, 0.1) is 0 Å². The zero-order valence-electron chi connectivity index (χ0n) is 16.9. The van der Waals surface area contributed by atoms with Crippen molar-refractivity contribution in [3.8, 4) is 5.75 Å². The lowest BCUT2D eigenvalue weighted by Gasteiger charge is -2.22. The number of hydrogen-bond donors (Lipinski definition) is 1. The van der Waals surface area contributed by atoms with Crippen molar-refractivity contribution >= 4 is 21.9 Å². The Labute approximate surface area is 175 Å². The van der Waals surface area contributed by atoms with Gasteiger partial charge in [0.05, 0.1) is 12.0 Å². The van der Waals surface area contributed by atoms with Crippen LogP contribution < -0.4 is 10.1 Å². The number of anilines is 1. The molecule has 2 aliphatic rings. The number of sulfonamides is 1. The van der Waals surface area contributed by atoms with Crippen LogP contribution in [0.2, 0.25) is 0 Å². The van der Waals surface area contributed by atoms with Crippen LogP contribution in [0.25, 0.3) is 0 Å². The third-order valence-electron chi connectivity index (χ3n) is 5.80. The number of carbonyl (C=O) groups excluding carboxylic acids is 1. The van der Waals surface area contributed by atoms with Gasteiger partial charge in [-0.1, -0.05) is 24.4 Å². The molecule has 2 aromatic rings. The second kappa shape index (κ2) is 8.73. The molecule has 1 amide bonds. The summed E-state index contributed by atoms with van der Waals surface area (Å²) in [5.74, 6) is 0.882. The van der Waals surface area contributed by atoms with Crippen LogP contribution in [0.4, 0.5) is 6.01 Å². The number of carbonyl (C=O) groups is 1. The lowest BCUT2D eigenvalue weighted by Crippen LogP contribution is -2.43. The van der Waals surface area contributed by atoms with Crippen LogP contribution in [-0.2, 0) is 14.8 Å². The summed E-state index contributed by atoms with van der Waals surface area (Å²) >= 11 is 0. The van der Waals surface area contributed by atoms with Crippen LogP contribution in [-0.4, -0.2) is 48.5 Å². The van der Waals surface area contributed by atoms with Gasteiger partial charge in [-0.25, -0.2) is 8.42 Å². The highest BCUT2D eigenvalue weighted by Crippen LogP contribution is 2.33. The van der Waals surface area contributed by atoms with Gasteiger partial charge in [0.15, 0.2) is 0 Å². The van der Waals surface area contributed by atoms with Crippen LogP contribution in [0.1, 0.15) is 56.8 Å². The van der Waals surface area contributed by atoms with E-state index in [1.54, 1.807) is 12.1 Å². The molecule has 1 aliphatic carbocycles. The Morgan fingerprint density at radius 3 is 2.53 bits per heavy atom. The molecular formula is C20H26N4O5S. The molecule has 1 saturated carbocycles. The Bertz CT molecular complexity index is 983. The maximum Gasteiger partial charge on any atom is 0.322 e. The number of hydrogen-bond acceptors (Lipinski definition) is 7. The van der Waals surface area contributed by atoms with E-state index in [0.717, 1.165) is 25.7 Å². The lowest BCUT2D eigenvalue weighted by atomic mass is 9.89. The molecule has 1 atom stereocenters. The first kappa shape index (κ1) is 20.8. The smallest absolute Gasteiger partial charge is 0.322 e. The van der Waals surface area contributed by atoms with Gasteiger partial charge in [-0.15, -0.1) is 5.10 Å². The van der Waals surface area contributed by atoms with Crippen LogP contribution in [0.15, 0.2) is 33.6 Å². The van der Waals surface area contributed by atoms with E-state index in [0.29, 0.717) is 24.5 Å². The van der Waals surface area contributed by atoms with E-state index in [1.165, 1.54) is 30.0 Å². The zero-order valence-corrected chi connectivity index (χ0v) is 17.7. The Morgan fingerprint density at radius 2 is 1.83 bits per heavy atom. The number of ether oxygens (including phenoxy) is 1. The molecule has 2 fully saturated rings. The Balaban J connectivity index is 1.46. The second-order valence-corrected chi connectivity index (χ2v) is 9.61. The predicted molar refractivity (Wildman–Crippen MR) is 109 cm³/mol. The second-order valence-electron chi connectivity index (χ2n) is 7.72. The predicted octanol–water partition coefficient (Wildman–Crippen LogP) is 2.92. The van der Waals surface area contributed by atoms with Gasteiger partial charge >= 0.3 is 6.01 Å². The maximum absolute atomic E-state index is 13.1. The SMILES string of the molecule is COc1ccc(S(=O)(=O)N2CCC[C@@H]2C(=O)Nc2nnc(C3CCCCC3)o2)cc1. The molecular weight excluding hydrogens is 408 g/mol. The minimum absolute atomic E-state index is 0.0225. The minimum atomic E-state index is -3.81. The Hall–Kier alpha value is -2.46. The minimum Gasteiger partial charge on any atom is -0.497 e. The van der Waals surface area contributed by atoms with Crippen molar-refractivity contribution in [3.63, 3.8) is 0 Å². The van der Waals surface area contributed by atoms with Gasteiger partial charge in [-0.3, -0.25) is 10.1 Å². The van der Waals surface area contributed by atoms with E-state index in [4.69, 9.17) is 9.15 Å².